The molecule has 4 heteroatoms. The molecule has 1 aliphatic rings. The second-order valence-electron chi connectivity index (χ2n) is 3.75. The maximum atomic E-state index is 11.5. The van der Waals surface area contributed by atoms with E-state index >= 15 is 0 Å². The number of hydrogen-bond donors (Lipinski definition) is 0. The lowest BCUT2D eigenvalue weighted by Crippen LogP contribution is -2.09. The lowest BCUT2D eigenvalue weighted by molar-refractivity contribution is -0.131. The highest BCUT2D eigenvalue weighted by Crippen LogP contribution is 2.29. The molecular weight excluding hydrogens is 194 g/mol. The van der Waals surface area contributed by atoms with E-state index < -0.39 is 0 Å². The standard InChI is InChI=1S/C11H13NO3/c1-7(13)11-10(15-8(2)14)6-9-4-3-5-12(9)11/h6H,3-5H2,1-2H3. The molecule has 0 atom stereocenters. The first-order valence-corrected chi connectivity index (χ1v) is 5.01. The van der Waals surface area contributed by atoms with Crippen molar-refractivity contribution in [1.29, 1.82) is 0 Å². The van der Waals surface area contributed by atoms with Crippen LogP contribution >= 0.6 is 0 Å². The van der Waals surface area contributed by atoms with Gasteiger partial charge >= 0.3 is 5.97 Å². The van der Waals surface area contributed by atoms with Gasteiger partial charge in [0.15, 0.2) is 11.5 Å². The quantitative estimate of drug-likeness (QED) is 0.546. The number of hydrogen-bond acceptors (Lipinski definition) is 3. The third-order valence-corrected chi connectivity index (χ3v) is 2.55. The van der Waals surface area contributed by atoms with Crippen LogP contribution in [0.4, 0.5) is 0 Å². The highest BCUT2D eigenvalue weighted by Gasteiger charge is 2.23. The van der Waals surface area contributed by atoms with Gasteiger partial charge in [0, 0.05) is 32.2 Å². The van der Waals surface area contributed by atoms with Gasteiger partial charge in [0.2, 0.25) is 0 Å². The number of aromatic nitrogens is 1. The van der Waals surface area contributed by atoms with Crippen LogP contribution < -0.4 is 4.74 Å². The molecule has 0 bridgehead atoms. The molecule has 0 radical (unpaired) electrons. The van der Waals surface area contributed by atoms with Gasteiger partial charge < -0.3 is 9.30 Å². The second-order valence-corrected chi connectivity index (χ2v) is 3.75. The molecule has 0 saturated carbocycles. The first-order valence-electron chi connectivity index (χ1n) is 5.01. The topological polar surface area (TPSA) is 48.3 Å². The molecule has 0 saturated heterocycles. The molecule has 1 aromatic rings. The van der Waals surface area contributed by atoms with Crippen LogP contribution in [0.25, 0.3) is 0 Å². The molecule has 0 unspecified atom stereocenters. The Balaban J connectivity index is 2.46. The van der Waals surface area contributed by atoms with Gasteiger partial charge in [-0.15, -0.1) is 0 Å². The van der Waals surface area contributed by atoms with Crippen LogP contribution in [-0.2, 0) is 17.8 Å². The van der Waals surface area contributed by atoms with Crippen molar-refractivity contribution in [3.63, 3.8) is 0 Å². The number of aryl methyl sites for hydroxylation is 1. The predicted octanol–water partition coefficient (Wildman–Crippen LogP) is 1.56. The van der Waals surface area contributed by atoms with Gasteiger partial charge in [-0.05, 0) is 12.8 Å². The van der Waals surface area contributed by atoms with Gasteiger partial charge in [-0.3, -0.25) is 9.59 Å². The number of esters is 1. The molecule has 0 fully saturated rings. The number of ketones is 1. The van der Waals surface area contributed by atoms with Crippen LogP contribution in [0, 0.1) is 0 Å². The van der Waals surface area contributed by atoms with Crippen LogP contribution in [0.1, 0.15) is 36.5 Å². The van der Waals surface area contributed by atoms with Crippen LogP contribution in [0.15, 0.2) is 6.07 Å². The van der Waals surface area contributed by atoms with Gasteiger partial charge in [0.25, 0.3) is 0 Å². The average molecular weight is 207 g/mol. The minimum absolute atomic E-state index is 0.0561. The summed E-state index contributed by atoms with van der Waals surface area (Å²) in [6.45, 7) is 3.67. The molecule has 0 N–H and O–H groups in total. The first-order chi connectivity index (χ1) is 7.09. The zero-order chi connectivity index (χ0) is 11.0. The molecule has 0 spiro atoms. The predicted molar refractivity (Wildman–Crippen MR) is 54.1 cm³/mol. The molecule has 0 amide bonds. The lowest BCUT2D eigenvalue weighted by atomic mass is 10.2. The van der Waals surface area contributed by atoms with Crippen molar-refractivity contribution in [3.05, 3.63) is 17.5 Å². The molecule has 2 rings (SSSR count). The Morgan fingerprint density at radius 3 is 2.73 bits per heavy atom. The summed E-state index contributed by atoms with van der Waals surface area (Å²) >= 11 is 0. The Bertz CT molecular complexity index is 431. The highest BCUT2D eigenvalue weighted by molar-refractivity contribution is 5.96. The van der Waals surface area contributed by atoms with Crippen molar-refractivity contribution in [3.8, 4) is 5.75 Å². The molecule has 15 heavy (non-hydrogen) atoms. The van der Waals surface area contributed by atoms with Crippen molar-refractivity contribution in [2.24, 2.45) is 0 Å². The van der Waals surface area contributed by atoms with E-state index in [1.807, 2.05) is 4.57 Å². The van der Waals surface area contributed by atoms with Crippen molar-refractivity contribution >= 4 is 11.8 Å². The second kappa shape index (κ2) is 3.53. The van der Waals surface area contributed by atoms with Crippen molar-refractivity contribution < 1.29 is 14.3 Å². The molecule has 1 aromatic heterocycles. The Morgan fingerprint density at radius 2 is 2.13 bits per heavy atom. The van der Waals surface area contributed by atoms with E-state index in [9.17, 15) is 9.59 Å². The summed E-state index contributed by atoms with van der Waals surface area (Å²) in [5.74, 6) is -0.0362. The number of carbonyl (C=O) groups is 2. The number of nitrogens with zero attached hydrogens (tertiary/aromatic N) is 1. The van der Waals surface area contributed by atoms with Crippen LogP contribution in [0.5, 0.6) is 5.75 Å². The normalized spacial score (nSPS) is 13.7. The number of rotatable bonds is 2. The Labute approximate surface area is 87.8 Å². The van der Waals surface area contributed by atoms with E-state index in [4.69, 9.17) is 4.74 Å². The van der Waals surface area contributed by atoms with Crippen LogP contribution in [-0.4, -0.2) is 16.3 Å². The van der Waals surface area contributed by atoms with Gasteiger partial charge in [0.1, 0.15) is 5.69 Å². The van der Waals surface area contributed by atoms with Crippen LogP contribution in [0.2, 0.25) is 0 Å². The number of fused-ring (bicyclic) bond motifs is 1. The van der Waals surface area contributed by atoms with E-state index in [0.717, 1.165) is 25.1 Å². The summed E-state index contributed by atoms with van der Waals surface area (Å²) < 4.78 is 6.97. The number of Topliss-reactive ketones (excluding diaryl/α,β-unsaturated/α-hetero) is 1. The van der Waals surface area contributed by atoms with E-state index in [2.05, 4.69) is 0 Å². The van der Waals surface area contributed by atoms with Gasteiger partial charge in [-0.1, -0.05) is 0 Å². The van der Waals surface area contributed by atoms with Crippen molar-refractivity contribution in [2.75, 3.05) is 0 Å². The maximum Gasteiger partial charge on any atom is 0.308 e. The van der Waals surface area contributed by atoms with Crippen molar-refractivity contribution in [2.45, 2.75) is 33.2 Å². The summed E-state index contributed by atoms with van der Waals surface area (Å²) in [4.78, 5) is 22.3. The fourth-order valence-corrected chi connectivity index (χ4v) is 2.05. The number of carbonyl (C=O) groups excluding carboxylic acids is 2. The van der Waals surface area contributed by atoms with E-state index in [0.29, 0.717) is 11.4 Å². The highest BCUT2D eigenvalue weighted by atomic mass is 16.5. The van der Waals surface area contributed by atoms with Crippen LogP contribution in [0.3, 0.4) is 0 Å². The maximum absolute atomic E-state index is 11.5. The fourth-order valence-electron chi connectivity index (χ4n) is 2.05. The SMILES string of the molecule is CC(=O)Oc1cc2n(c1C(C)=O)CCC2. The molecule has 80 valence electrons. The summed E-state index contributed by atoms with van der Waals surface area (Å²) in [7, 11) is 0. The Hall–Kier alpha value is -1.58. The molecule has 0 aliphatic carbocycles. The fraction of sp³-hybridized carbons (Fsp3) is 0.455. The lowest BCUT2D eigenvalue weighted by Gasteiger charge is -2.04. The van der Waals surface area contributed by atoms with E-state index in [1.165, 1.54) is 13.8 Å². The molecular formula is C11H13NO3. The van der Waals surface area contributed by atoms with Gasteiger partial charge in [-0.2, -0.15) is 0 Å². The zero-order valence-electron chi connectivity index (χ0n) is 8.87. The van der Waals surface area contributed by atoms with E-state index in [1.54, 1.807) is 6.07 Å². The van der Waals surface area contributed by atoms with E-state index in [-0.39, 0.29) is 11.8 Å². The van der Waals surface area contributed by atoms with Gasteiger partial charge in [-0.25, -0.2) is 0 Å². The van der Waals surface area contributed by atoms with Crippen molar-refractivity contribution in [1.82, 2.24) is 4.57 Å². The minimum atomic E-state index is -0.387. The third kappa shape index (κ3) is 1.67. The third-order valence-electron chi connectivity index (χ3n) is 2.55. The molecule has 0 aromatic carbocycles. The monoisotopic (exact) mass is 207 g/mol. The summed E-state index contributed by atoms with van der Waals surface area (Å²) in [5, 5.41) is 0. The first kappa shape index (κ1) is 9.96. The zero-order valence-corrected chi connectivity index (χ0v) is 8.87. The Kier molecular flexibility index (Phi) is 2.34. The minimum Gasteiger partial charge on any atom is -0.424 e. The molecule has 2 heterocycles. The smallest absolute Gasteiger partial charge is 0.308 e. The Morgan fingerprint density at radius 1 is 1.40 bits per heavy atom. The average Bonchev–Trinajstić information content (AvgIpc) is 2.60. The summed E-state index contributed by atoms with van der Waals surface area (Å²) in [6.07, 6.45) is 2.00. The summed E-state index contributed by atoms with van der Waals surface area (Å²) in [6, 6.07) is 1.80. The summed E-state index contributed by atoms with van der Waals surface area (Å²) in [5.41, 5.74) is 1.61. The molecule has 1 aliphatic heterocycles. The molecule has 4 nitrogen and oxygen atoms in total. The number of ether oxygens (including phenoxy) is 1. The largest absolute Gasteiger partial charge is 0.424 e. The van der Waals surface area contributed by atoms with Gasteiger partial charge in [0.05, 0.1) is 0 Å².